The molecule has 7 nitrogen and oxygen atoms in total. The van der Waals surface area contributed by atoms with Gasteiger partial charge in [-0.15, -0.1) is 6.58 Å². The van der Waals surface area contributed by atoms with E-state index in [-0.39, 0.29) is 19.6 Å². The zero-order chi connectivity index (χ0) is 21.5. The summed E-state index contributed by atoms with van der Waals surface area (Å²) in [5, 5.41) is 2.64. The predicted octanol–water partition coefficient (Wildman–Crippen LogP) is 2.30. The molecule has 2 atom stereocenters. The fraction of sp³-hybridized carbons (Fsp3) is 0.261. The van der Waals surface area contributed by atoms with Crippen molar-refractivity contribution < 1.29 is 19.1 Å². The molecule has 2 aromatic carbocycles. The second kappa shape index (κ2) is 9.73. The smallest absolute Gasteiger partial charge is 0.411 e. The molecule has 0 bridgehead atoms. The normalized spacial score (nSPS) is 16.1. The summed E-state index contributed by atoms with van der Waals surface area (Å²) in [7, 11) is 0. The van der Waals surface area contributed by atoms with Crippen molar-refractivity contribution in [2.75, 3.05) is 0 Å². The fourth-order valence-electron chi connectivity index (χ4n) is 3.43. The second-order valence-electron chi connectivity index (χ2n) is 7.14. The monoisotopic (exact) mass is 407 g/mol. The quantitative estimate of drug-likeness (QED) is 0.688. The number of nitrogens with one attached hydrogen (secondary N) is 1. The van der Waals surface area contributed by atoms with Crippen molar-refractivity contribution in [1.29, 1.82) is 0 Å². The molecule has 0 saturated carbocycles. The zero-order valence-electron chi connectivity index (χ0n) is 16.6. The Morgan fingerprint density at radius 1 is 1.13 bits per heavy atom. The number of hydrogen-bond donors (Lipinski definition) is 2. The third-order valence-corrected chi connectivity index (χ3v) is 5.05. The minimum Gasteiger partial charge on any atom is -0.445 e. The number of carbonyl (C=O) groups excluding carboxylic acids is 3. The number of fused-ring (bicyclic) bond motifs is 1. The maximum atomic E-state index is 13.0. The summed E-state index contributed by atoms with van der Waals surface area (Å²) in [5.41, 5.74) is 8.16. The van der Waals surface area contributed by atoms with Crippen molar-refractivity contribution in [2.24, 2.45) is 5.73 Å². The van der Waals surface area contributed by atoms with Crippen LogP contribution in [0.5, 0.6) is 0 Å². The van der Waals surface area contributed by atoms with E-state index in [4.69, 9.17) is 10.5 Å². The van der Waals surface area contributed by atoms with E-state index in [9.17, 15) is 14.4 Å². The molecule has 30 heavy (non-hydrogen) atoms. The first kappa shape index (κ1) is 21.1. The maximum Gasteiger partial charge on any atom is 0.411 e. The lowest BCUT2D eigenvalue weighted by Crippen LogP contribution is -2.56. The summed E-state index contributed by atoms with van der Waals surface area (Å²) in [4.78, 5) is 38.9. The molecule has 3 rings (SSSR count). The van der Waals surface area contributed by atoms with E-state index in [2.05, 4.69) is 11.9 Å². The lowest BCUT2D eigenvalue weighted by Gasteiger charge is -2.35. The minimum atomic E-state index is -0.880. The van der Waals surface area contributed by atoms with Gasteiger partial charge in [0.15, 0.2) is 0 Å². The summed E-state index contributed by atoms with van der Waals surface area (Å²) in [6, 6.07) is 15.3. The Bertz CT molecular complexity index is 929. The molecule has 0 unspecified atom stereocenters. The summed E-state index contributed by atoms with van der Waals surface area (Å²) >= 11 is 0. The van der Waals surface area contributed by atoms with Crippen molar-refractivity contribution in [3.8, 4) is 0 Å². The molecule has 0 fully saturated rings. The average Bonchev–Trinajstić information content (AvgIpc) is 2.76. The topological polar surface area (TPSA) is 102 Å². The van der Waals surface area contributed by atoms with Gasteiger partial charge in [0.05, 0.1) is 6.54 Å². The van der Waals surface area contributed by atoms with Gasteiger partial charge in [-0.05, 0) is 23.1 Å². The number of nitrogens with two attached hydrogens (primary N) is 1. The Labute approximate surface area is 175 Å². The van der Waals surface area contributed by atoms with Crippen molar-refractivity contribution in [3.05, 3.63) is 83.9 Å². The van der Waals surface area contributed by atoms with Gasteiger partial charge >= 0.3 is 6.09 Å². The van der Waals surface area contributed by atoms with Gasteiger partial charge in [0, 0.05) is 6.42 Å². The second-order valence-corrected chi connectivity index (χ2v) is 7.14. The Morgan fingerprint density at radius 3 is 2.47 bits per heavy atom. The molecular formula is C23H25N3O4. The summed E-state index contributed by atoms with van der Waals surface area (Å²) in [5.74, 6) is -1.11. The first-order chi connectivity index (χ1) is 14.5. The number of benzene rings is 2. The van der Waals surface area contributed by atoms with Crippen molar-refractivity contribution in [3.63, 3.8) is 0 Å². The van der Waals surface area contributed by atoms with Gasteiger partial charge in [0.25, 0.3) is 0 Å². The third-order valence-electron chi connectivity index (χ3n) is 5.05. The van der Waals surface area contributed by atoms with Crippen LogP contribution in [0, 0.1) is 0 Å². The van der Waals surface area contributed by atoms with Crippen LogP contribution in [-0.4, -0.2) is 34.9 Å². The number of amides is 3. The van der Waals surface area contributed by atoms with Gasteiger partial charge in [-0.1, -0.05) is 60.7 Å². The highest BCUT2D eigenvalue weighted by Crippen LogP contribution is 2.24. The van der Waals surface area contributed by atoms with Gasteiger partial charge in [-0.3, -0.25) is 14.5 Å². The van der Waals surface area contributed by atoms with Crippen molar-refractivity contribution in [2.45, 2.75) is 38.1 Å². The molecule has 0 aromatic heterocycles. The van der Waals surface area contributed by atoms with Crippen LogP contribution in [0.1, 0.15) is 23.1 Å². The number of primary amides is 1. The van der Waals surface area contributed by atoms with Gasteiger partial charge in [0.2, 0.25) is 11.8 Å². The van der Waals surface area contributed by atoms with Gasteiger partial charge in [-0.25, -0.2) is 4.79 Å². The SMILES string of the molecule is C=CC[C@H](NC(=O)[C@@H]1Cc2ccccc2CN1C(=O)OCc1ccccc1)C(N)=O. The summed E-state index contributed by atoms with van der Waals surface area (Å²) in [6.45, 7) is 3.93. The van der Waals surface area contributed by atoms with Crippen LogP contribution in [0.4, 0.5) is 4.79 Å². The molecule has 3 N–H and O–H groups in total. The van der Waals surface area contributed by atoms with E-state index in [0.717, 1.165) is 16.7 Å². The third kappa shape index (κ3) is 5.05. The molecule has 2 aromatic rings. The van der Waals surface area contributed by atoms with E-state index < -0.39 is 30.0 Å². The van der Waals surface area contributed by atoms with Gasteiger partial charge < -0.3 is 15.8 Å². The molecule has 1 aliphatic rings. The number of hydrogen-bond acceptors (Lipinski definition) is 4. The van der Waals surface area contributed by atoms with E-state index in [1.54, 1.807) is 0 Å². The number of ether oxygens (including phenoxy) is 1. The van der Waals surface area contributed by atoms with Crippen LogP contribution >= 0.6 is 0 Å². The minimum absolute atomic E-state index is 0.104. The predicted molar refractivity (Wildman–Crippen MR) is 112 cm³/mol. The molecule has 0 radical (unpaired) electrons. The number of carbonyl (C=O) groups is 3. The molecule has 156 valence electrons. The van der Waals surface area contributed by atoms with Crippen LogP contribution in [0.2, 0.25) is 0 Å². The first-order valence-corrected chi connectivity index (χ1v) is 9.74. The van der Waals surface area contributed by atoms with E-state index >= 15 is 0 Å². The zero-order valence-corrected chi connectivity index (χ0v) is 16.6. The Balaban J connectivity index is 1.78. The van der Waals surface area contributed by atoms with E-state index in [1.165, 1.54) is 11.0 Å². The lowest BCUT2D eigenvalue weighted by atomic mass is 9.93. The average molecular weight is 407 g/mol. The summed E-state index contributed by atoms with van der Waals surface area (Å²) in [6.07, 6.45) is 1.45. The standard InChI is InChI=1S/C23H25N3O4/c1-2-8-19(21(24)27)25-22(28)20-13-17-11-6-7-12-18(17)14-26(20)23(29)30-15-16-9-4-3-5-10-16/h2-7,9-12,19-20H,1,8,13-15H2,(H2,24,27)(H,25,28)/t19-,20-/m0/s1. The van der Waals surface area contributed by atoms with Crippen LogP contribution < -0.4 is 11.1 Å². The maximum absolute atomic E-state index is 13.0. The molecule has 3 amide bonds. The largest absolute Gasteiger partial charge is 0.445 e. The van der Waals surface area contributed by atoms with Crippen LogP contribution in [-0.2, 0) is 33.9 Å². The molecule has 1 aliphatic heterocycles. The number of nitrogens with zero attached hydrogens (tertiary/aromatic N) is 1. The molecular weight excluding hydrogens is 382 g/mol. The highest BCUT2D eigenvalue weighted by Gasteiger charge is 2.36. The molecule has 1 heterocycles. The molecule has 0 saturated heterocycles. The highest BCUT2D eigenvalue weighted by molar-refractivity contribution is 5.91. The van der Waals surface area contributed by atoms with Crippen molar-refractivity contribution in [1.82, 2.24) is 10.2 Å². The Kier molecular flexibility index (Phi) is 6.85. The summed E-state index contributed by atoms with van der Waals surface area (Å²) < 4.78 is 5.46. The van der Waals surface area contributed by atoms with Crippen LogP contribution in [0.3, 0.4) is 0 Å². The number of rotatable bonds is 7. The van der Waals surface area contributed by atoms with Gasteiger partial charge in [0.1, 0.15) is 18.7 Å². The fourth-order valence-corrected chi connectivity index (χ4v) is 3.43. The molecule has 0 spiro atoms. The Hall–Kier alpha value is -3.61. The van der Waals surface area contributed by atoms with E-state index in [0.29, 0.717) is 6.42 Å². The lowest BCUT2D eigenvalue weighted by molar-refractivity contribution is -0.131. The first-order valence-electron chi connectivity index (χ1n) is 9.74. The Morgan fingerprint density at radius 2 is 1.80 bits per heavy atom. The van der Waals surface area contributed by atoms with Crippen LogP contribution in [0.25, 0.3) is 0 Å². The molecule has 0 aliphatic carbocycles. The van der Waals surface area contributed by atoms with Gasteiger partial charge in [-0.2, -0.15) is 0 Å². The van der Waals surface area contributed by atoms with E-state index in [1.807, 2.05) is 54.6 Å². The molecule has 7 heteroatoms. The highest BCUT2D eigenvalue weighted by atomic mass is 16.6. The van der Waals surface area contributed by atoms with Crippen molar-refractivity contribution >= 4 is 17.9 Å². The van der Waals surface area contributed by atoms with Crippen LogP contribution in [0.15, 0.2) is 67.3 Å².